The molecule has 0 unspecified atom stereocenters. The molecule has 126 valence electrons. The van der Waals surface area contributed by atoms with Gasteiger partial charge in [-0.3, -0.25) is 0 Å². The summed E-state index contributed by atoms with van der Waals surface area (Å²) in [6.07, 6.45) is 2.12. The Kier molecular flexibility index (Phi) is 9.50. The lowest BCUT2D eigenvalue weighted by Gasteiger charge is -2.18. The van der Waals surface area contributed by atoms with Crippen LogP contribution in [0.15, 0.2) is 6.07 Å². The fourth-order valence-corrected chi connectivity index (χ4v) is 2.03. The van der Waals surface area contributed by atoms with Crippen LogP contribution < -0.4 is 10.1 Å². The Balaban J connectivity index is 2.62. The van der Waals surface area contributed by atoms with E-state index in [4.69, 9.17) is 9.47 Å². The lowest BCUT2D eigenvalue weighted by Crippen LogP contribution is -2.28. The van der Waals surface area contributed by atoms with E-state index in [1.165, 1.54) is 0 Å². The SMILES string of the molecule is CCCCOc1cc(NCCN(CC)CC)nc(COC)n1. The zero-order chi connectivity index (χ0) is 16.2. The molecule has 1 rings (SSSR count). The van der Waals surface area contributed by atoms with Crippen LogP contribution in [-0.2, 0) is 11.3 Å². The molecule has 0 aromatic carbocycles. The third kappa shape index (κ3) is 7.04. The zero-order valence-corrected chi connectivity index (χ0v) is 14.4. The van der Waals surface area contributed by atoms with E-state index < -0.39 is 0 Å². The molecule has 1 aromatic rings. The van der Waals surface area contributed by atoms with Gasteiger partial charge in [0.15, 0.2) is 5.82 Å². The monoisotopic (exact) mass is 310 g/mol. The molecular weight excluding hydrogens is 280 g/mol. The second-order valence-corrected chi connectivity index (χ2v) is 5.10. The van der Waals surface area contributed by atoms with Gasteiger partial charge in [0.05, 0.1) is 6.61 Å². The third-order valence-corrected chi connectivity index (χ3v) is 3.40. The summed E-state index contributed by atoms with van der Waals surface area (Å²) in [5.41, 5.74) is 0. The Morgan fingerprint density at radius 3 is 2.59 bits per heavy atom. The summed E-state index contributed by atoms with van der Waals surface area (Å²) in [7, 11) is 1.64. The molecule has 6 nitrogen and oxygen atoms in total. The molecule has 6 heteroatoms. The predicted octanol–water partition coefficient (Wildman–Crippen LogP) is 2.56. The van der Waals surface area contributed by atoms with E-state index in [2.05, 4.69) is 41.0 Å². The van der Waals surface area contributed by atoms with Crippen molar-refractivity contribution < 1.29 is 9.47 Å². The van der Waals surface area contributed by atoms with Gasteiger partial charge in [0, 0.05) is 26.3 Å². The van der Waals surface area contributed by atoms with Crippen molar-refractivity contribution in [2.45, 2.75) is 40.2 Å². The van der Waals surface area contributed by atoms with Crippen LogP contribution in [-0.4, -0.2) is 54.8 Å². The molecule has 1 heterocycles. The summed E-state index contributed by atoms with van der Waals surface area (Å²) < 4.78 is 10.8. The van der Waals surface area contributed by atoms with E-state index in [0.29, 0.717) is 24.9 Å². The Hall–Kier alpha value is -1.40. The van der Waals surface area contributed by atoms with Crippen LogP contribution in [0.3, 0.4) is 0 Å². The van der Waals surface area contributed by atoms with Gasteiger partial charge in [0.1, 0.15) is 12.4 Å². The van der Waals surface area contributed by atoms with Gasteiger partial charge in [0.2, 0.25) is 5.88 Å². The topological polar surface area (TPSA) is 59.5 Å². The highest BCUT2D eigenvalue weighted by atomic mass is 16.5. The van der Waals surface area contributed by atoms with Crippen LogP contribution >= 0.6 is 0 Å². The number of rotatable bonds is 12. The van der Waals surface area contributed by atoms with Gasteiger partial charge < -0.3 is 19.7 Å². The molecule has 0 bridgehead atoms. The summed E-state index contributed by atoms with van der Waals surface area (Å²) in [4.78, 5) is 11.2. The number of hydrogen-bond donors (Lipinski definition) is 1. The zero-order valence-electron chi connectivity index (χ0n) is 14.4. The van der Waals surface area contributed by atoms with Crippen LogP contribution in [0.1, 0.15) is 39.4 Å². The second kappa shape index (κ2) is 11.2. The smallest absolute Gasteiger partial charge is 0.218 e. The first-order valence-corrected chi connectivity index (χ1v) is 8.19. The number of nitrogens with one attached hydrogen (secondary N) is 1. The molecular formula is C16H30N4O2. The van der Waals surface area contributed by atoms with E-state index >= 15 is 0 Å². The lowest BCUT2D eigenvalue weighted by atomic mass is 10.4. The fraction of sp³-hybridized carbons (Fsp3) is 0.750. The molecule has 0 fully saturated rings. The number of aromatic nitrogens is 2. The number of hydrogen-bond acceptors (Lipinski definition) is 6. The summed E-state index contributed by atoms with van der Waals surface area (Å²) >= 11 is 0. The molecule has 0 saturated carbocycles. The minimum absolute atomic E-state index is 0.385. The van der Waals surface area contributed by atoms with Crippen molar-refractivity contribution in [3.8, 4) is 5.88 Å². The average Bonchev–Trinajstić information content (AvgIpc) is 2.52. The van der Waals surface area contributed by atoms with E-state index in [1.54, 1.807) is 7.11 Å². The van der Waals surface area contributed by atoms with Gasteiger partial charge >= 0.3 is 0 Å². The fourth-order valence-electron chi connectivity index (χ4n) is 2.03. The van der Waals surface area contributed by atoms with Crippen molar-refractivity contribution >= 4 is 5.82 Å². The summed E-state index contributed by atoms with van der Waals surface area (Å²) in [5, 5.41) is 3.35. The van der Waals surface area contributed by atoms with Crippen molar-refractivity contribution in [1.82, 2.24) is 14.9 Å². The molecule has 22 heavy (non-hydrogen) atoms. The number of unbranched alkanes of at least 4 members (excludes halogenated alkanes) is 1. The maximum atomic E-state index is 5.69. The van der Waals surface area contributed by atoms with Gasteiger partial charge in [0.25, 0.3) is 0 Å². The molecule has 0 aliphatic carbocycles. The van der Waals surface area contributed by atoms with Crippen LogP contribution in [0.25, 0.3) is 0 Å². The van der Waals surface area contributed by atoms with Crippen molar-refractivity contribution in [3.63, 3.8) is 0 Å². The van der Waals surface area contributed by atoms with Crippen molar-refractivity contribution in [2.75, 3.05) is 45.2 Å². The van der Waals surface area contributed by atoms with Gasteiger partial charge in [-0.05, 0) is 19.5 Å². The van der Waals surface area contributed by atoms with Crippen molar-refractivity contribution in [1.29, 1.82) is 0 Å². The first kappa shape index (κ1) is 18.6. The summed E-state index contributed by atoms with van der Waals surface area (Å²) in [5.74, 6) is 2.04. The van der Waals surface area contributed by atoms with E-state index in [9.17, 15) is 0 Å². The average molecular weight is 310 g/mol. The number of ether oxygens (including phenoxy) is 2. The third-order valence-electron chi connectivity index (χ3n) is 3.40. The molecule has 0 atom stereocenters. The minimum Gasteiger partial charge on any atom is -0.478 e. The lowest BCUT2D eigenvalue weighted by molar-refractivity contribution is 0.176. The predicted molar refractivity (Wildman–Crippen MR) is 89.4 cm³/mol. The standard InChI is InChI=1S/C16H30N4O2/c1-5-8-11-22-16-12-14(18-15(19-16)13-21-4)17-9-10-20(6-2)7-3/h12H,5-11,13H2,1-4H3,(H,17,18,19). The Labute approximate surface area is 134 Å². The van der Waals surface area contributed by atoms with Crippen molar-refractivity contribution in [2.24, 2.45) is 0 Å². The second-order valence-electron chi connectivity index (χ2n) is 5.10. The molecule has 1 aromatic heterocycles. The van der Waals surface area contributed by atoms with Gasteiger partial charge in [-0.2, -0.15) is 4.98 Å². The first-order valence-electron chi connectivity index (χ1n) is 8.19. The molecule has 0 amide bonds. The van der Waals surface area contributed by atoms with Crippen LogP contribution in [0.4, 0.5) is 5.82 Å². The number of likely N-dealkylation sites (N-methyl/N-ethyl adjacent to an activating group) is 1. The number of methoxy groups -OCH3 is 1. The maximum Gasteiger partial charge on any atom is 0.218 e. The van der Waals surface area contributed by atoms with Crippen LogP contribution in [0.5, 0.6) is 5.88 Å². The van der Waals surface area contributed by atoms with Gasteiger partial charge in [-0.25, -0.2) is 4.98 Å². The molecule has 0 aliphatic heterocycles. The summed E-state index contributed by atoms with van der Waals surface area (Å²) in [6, 6.07) is 1.86. The van der Waals surface area contributed by atoms with E-state index in [0.717, 1.165) is 44.8 Å². The normalized spacial score (nSPS) is 11.0. The Morgan fingerprint density at radius 2 is 1.95 bits per heavy atom. The number of nitrogens with zero attached hydrogens (tertiary/aromatic N) is 3. The summed E-state index contributed by atoms with van der Waals surface area (Å²) in [6.45, 7) is 11.5. The minimum atomic E-state index is 0.385. The quantitative estimate of drug-likeness (QED) is 0.599. The molecule has 0 radical (unpaired) electrons. The van der Waals surface area contributed by atoms with Crippen LogP contribution in [0, 0.1) is 0 Å². The Morgan fingerprint density at radius 1 is 1.18 bits per heavy atom. The molecule has 1 N–H and O–H groups in total. The highest BCUT2D eigenvalue weighted by Gasteiger charge is 2.06. The van der Waals surface area contributed by atoms with Crippen LogP contribution in [0.2, 0.25) is 0 Å². The molecule has 0 aliphatic rings. The van der Waals surface area contributed by atoms with Crippen molar-refractivity contribution in [3.05, 3.63) is 11.9 Å². The first-order chi connectivity index (χ1) is 10.7. The number of anilines is 1. The molecule has 0 saturated heterocycles. The van der Waals surface area contributed by atoms with E-state index in [-0.39, 0.29) is 0 Å². The van der Waals surface area contributed by atoms with Gasteiger partial charge in [-0.15, -0.1) is 0 Å². The highest BCUT2D eigenvalue weighted by molar-refractivity contribution is 5.38. The van der Waals surface area contributed by atoms with Gasteiger partial charge in [-0.1, -0.05) is 27.2 Å². The maximum absolute atomic E-state index is 5.69. The largest absolute Gasteiger partial charge is 0.478 e. The Bertz CT molecular complexity index is 411. The van der Waals surface area contributed by atoms with E-state index in [1.807, 2.05) is 6.07 Å². The molecule has 0 spiro atoms. The highest BCUT2D eigenvalue weighted by Crippen LogP contribution is 2.14.